The van der Waals surface area contributed by atoms with E-state index in [2.05, 4.69) is 59.1 Å². The highest BCUT2D eigenvalue weighted by Crippen LogP contribution is 2.62. The summed E-state index contributed by atoms with van der Waals surface area (Å²) in [6.45, 7) is 5.71. The number of likely N-dealkylation sites (N-methyl/N-ethyl adjacent to an activating group) is 1. The molecule has 6 rings (SSSR count). The van der Waals surface area contributed by atoms with Crippen LogP contribution in [0.15, 0.2) is 34.0 Å². The van der Waals surface area contributed by atoms with Gasteiger partial charge in [0.2, 0.25) is 7.34 Å². The number of H-pyrrole nitrogens is 1. The molecule has 2 unspecified atom stereocenters. The molecule has 24 heteroatoms. The Morgan fingerprint density at radius 3 is 2.42 bits per heavy atom. The van der Waals surface area contributed by atoms with Crippen LogP contribution in [0.4, 0.5) is 39.5 Å². The number of carbonyl (C=O) groups is 1. The first-order valence-corrected chi connectivity index (χ1v) is 27.8. The molecule has 1 aromatic carbocycles. The Hall–Kier alpha value is -3.00. The SMILES string of the molecule is [2H]OC[C@H]1O[C@@H](n2cc(CCC(=O)NCCCCCCSSC(C)(C)CCOc3ccc4c(c3)CCC3C4CC[C@]4(C)[C@@H](OCCN(C)CCOC(C(F)(F)F)(C(F)(F)F)C(F)(F)F)CC[C@@H]34)c(=O)[nH]c2=O)C[C@@H]1O. The Morgan fingerprint density at radius 2 is 1.70 bits per heavy atom. The van der Waals surface area contributed by atoms with E-state index in [1.54, 1.807) is 0 Å². The smallest absolute Gasteiger partial charge is 0.435 e. The van der Waals surface area contributed by atoms with Gasteiger partial charge in [0.1, 0.15) is 18.1 Å². The Balaban J connectivity index is 0.829. The summed E-state index contributed by atoms with van der Waals surface area (Å²) in [4.78, 5) is 40.9. The van der Waals surface area contributed by atoms with Crippen LogP contribution in [-0.4, -0.2) is 138 Å². The second kappa shape index (κ2) is 25.2. The summed E-state index contributed by atoms with van der Waals surface area (Å²) < 4.78 is 149. The van der Waals surface area contributed by atoms with E-state index in [0.717, 1.165) is 82.1 Å². The number of nitrogens with zero attached hydrogens (tertiary/aromatic N) is 2. The monoisotopic (exact) mass is 1110 g/mol. The zero-order valence-electron chi connectivity index (χ0n) is 43.2. The maximum Gasteiger partial charge on any atom is 0.435 e. The molecule has 8 atom stereocenters. The summed E-state index contributed by atoms with van der Waals surface area (Å²) in [6.07, 6.45) is -11.0. The van der Waals surface area contributed by atoms with E-state index in [1.807, 2.05) is 21.6 Å². The lowest BCUT2D eigenvalue weighted by molar-refractivity contribution is -0.457. The number of fused-ring (bicyclic) bond motifs is 5. The van der Waals surface area contributed by atoms with Crippen LogP contribution in [0, 0.1) is 17.3 Å². The number of ether oxygens (including phenoxy) is 4. The first-order valence-electron chi connectivity index (χ1n) is 25.9. The van der Waals surface area contributed by atoms with Crippen molar-refractivity contribution in [2.75, 3.05) is 58.9 Å². The van der Waals surface area contributed by atoms with Crippen LogP contribution < -0.4 is 21.3 Å². The highest BCUT2D eigenvalue weighted by Gasteiger charge is 2.85. The summed E-state index contributed by atoms with van der Waals surface area (Å²) in [7, 11) is 5.07. The molecule has 74 heavy (non-hydrogen) atoms. The number of aryl methyl sites for hydroxylation is 2. The van der Waals surface area contributed by atoms with Crippen molar-refractivity contribution in [3.8, 4) is 5.75 Å². The molecule has 420 valence electrons. The van der Waals surface area contributed by atoms with Crippen molar-refractivity contribution in [2.24, 2.45) is 17.3 Å². The lowest BCUT2D eigenvalue weighted by Gasteiger charge is -2.50. The summed E-state index contributed by atoms with van der Waals surface area (Å²) in [5.74, 6) is 2.90. The molecule has 1 aromatic heterocycles. The van der Waals surface area contributed by atoms with Gasteiger partial charge in [0.15, 0.2) is 0 Å². The molecule has 3 aliphatic carbocycles. The highest BCUT2D eigenvalue weighted by molar-refractivity contribution is 8.77. The van der Waals surface area contributed by atoms with Crippen LogP contribution in [0.5, 0.6) is 5.75 Å². The zero-order chi connectivity index (χ0) is 55.0. The van der Waals surface area contributed by atoms with Crippen molar-refractivity contribution in [2.45, 2.75) is 170 Å². The first kappa shape index (κ1) is 58.7. The number of benzene rings is 1. The number of aromatic amines is 1. The second-order valence-corrected chi connectivity index (χ2v) is 24.2. The van der Waals surface area contributed by atoms with Crippen molar-refractivity contribution < 1.29 is 73.5 Å². The Bertz CT molecular complexity index is 2270. The van der Waals surface area contributed by atoms with E-state index in [4.69, 9.17) is 15.6 Å². The molecule has 4 N–H and O–H groups in total. The minimum Gasteiger partial charge on any atom is -0.494 e. The molecular weight excluding hydrogens is 1040 g/mol. The lowest BCUT2D eigenvalue weighted by atomic mass is 9.55. The Labute approximate surface area is 434 Å². The van der Waals surface area contributed by atoms with Crippen LogP contribution in [-0.2, 0) is 31.8 Å². The molecule has 4 aliphatic rings. The third-order valence-corrected chi connectivity index (χ3v) is 18.9. The molecule has 3 fully saturated rings. The van der Waals surface area contributed by atoms with Gasteiger partial charge in [-0.1, -0.05) is 47.4 Å². The fraction of sp³-hybridized carbons (Fsp3) is 0.780. The maximum absolute atomic E-state index is 13.2. The van der Waals surface area contributed by atoms with E-state index in [9.17, 15) is 59.0 Å². The summed E-state index contributed by atoms with van der Waals surface area (Å²) in [6, 6.07) is 6.46. The van der Waals surface area contributed by atoms with Crippen LogP contribution in [0.2, 0.25) is 0 Å². The minimum atomic E-state index is -6.76. The number of aliphatic hydroxyl groups excluding tert-OH is 2. The standard InChI is InChI=1S/C50H71F9N4O9S2/c1-45(2,74-73-26-8-6-5-7-20-60-41(66)16-10-32-29-63(44(68)61-43(32)67)42-28-38(65)39(30-64)72-42)19-23-69-33-11-13-34-31(27-33)9-12-36-35(34)17-18-46(3)37(36)14-15-40(46)70-24-21-62(4)22-25-71-47(48(51,52)53,49(54,55)56)50(57,58)59/h11,13,27,29,35-40,42,64-65H,5-10,12,14-26,28,30H2,1-4H3,(H,60,66)(H,61,67,68)/t35?,36?,37-,38-,39+,40-,42+,46-/m0/s1/i64D. The van der Waals surface area contributed by atoms with Gasteiger partial charge in [-0.15, -0.1) is 0 Å². The number of halogens is 9. The number of aliphatic hydroxyl groups is 2. The van der Waals surface area contributed by atoms with Gasteiger partial charge in [-0.3, -0.25) is 19.1 Å². The largest absolute Gasteiger partial charge is 0.494 e. The van der Waals surface area contributed by atoms with Crippen LogP contribution in [0.1, 0.15) is 127 Å². The van der Waals surface area contributed by atoms with E-state index >= 15 is 0 Å². The van der Waals surface area contributed by atoms with Gasteiger partial charge in [0.25, 0.3) is 5.56 Å². The molecule has 2 heterocycles. The van der Waals surface area contributed by atoms with Gasteiger partial charge in [-0.25, -0.2) is 4.79 Å². The molecule has 0 spiro atoms. The van der Waals surface area contributed by atoms with E-state index < -0.39 is 67.0 Å². The number of rotatable bonds is 27. The summed E-state index contributed by atoms with van der Waals surface area (Å²) in [5, 5.41) is 17.4. The maximum atomic E-state index is 13.2. The Morgan fingerprint density at radius 1 is 0.986 bits per heavy atom. The molecule has 2 aromatic rings. The van der Waals surface area contributed by atoms with Crippen molar-refractivity contribution in [1.82, 2.24) is 19.8 Å². The quantitative estimate of drug-likeness (QED) is 0.0382. The molecule has 0 radical (unpaired) electrons. The number of amides is 1. The minimum absolute atomic E-state index is 0.0122. The fourth-order valence-electron chi connectivity index (χ4n) is 11.2. The number of hydrogen-bond donors (Lipinski definition) is 4. The van der Waals surface area contributed by atoms with Gasteiger partial charge in [-0.05, 0) is 132 Å². The van der Waals surface area contributed by atoms with Crippen LogP contribution in [0.3, 0.4) is 0 Å². The number of alkyl halides is 9. The van der Waals surface area contributed by atoms with E-state index in [1.165, 1.54) is 33.8 Å². The summed E-state index contributed by atoms with van der Waals surface area (Å²) >= 11 is 0. The zero-order valence-corrected chi connectivity index (χ0v) is 43.9. The van der Waals surface area contributed by atoms with Gasteiger partial charge < -0.3 is 39.4 Å². The third-order valence-electron chi connectivity index (χ3n) is 15.5. The second-order valence-electron chi connectivity index (χ2n) is 21.0. The third kappa shape index (κ3) is 14.4. The fourth-order valence-corrected chi connectivity index (χ4v) is 13.9. The first-order chi connectivity index (χ1) is 35.2. The van der Waals surface area contributed by atoms with Crippen LogP contribution >= 0.6 is 21.6 Å². The predicted octanol–water partition coefficient (Wildman–Crippen LogP) is 9.03. The van der Waals surface area contributed by atoms with Crippen molar-refractivity contribution >= 4 is 27.5 Å². The van der Waals surface area contributed by atoms with Crippen molar-refractivity contribution in [3.05, 3.63) is 61.9 Å². The van der Waals surface area contributed by atoms with Crippen molar-refractivity contribution in [1.29, 1.82) is 1.43 Å². The average molecular weight is 1110 g/mol. The molecule has 1 aliphatic heterocycles. The highest BCUT2D eigenvalue weighted by atomic mass is 33.1. The molecular formula is C50H71F9N4O9S2. The van der Waals surface area contributed by atoms with Crippen LogP contribution in [0.25, 0.3) is 0 Å². The molecule has 1 amide bonds. The van der Waals surface area contributed by atoms with Crippen molar-refractivity contribution in [3.63, 3.8) is 0 Å². The molecule has 0 bridgehead atoms. The topological polar surface area (TPSA) is 165 Å². The normalized spacial score (nSPS) is 25.7. The van der Waals surface area contributed by atoms with Gasteiger partial charge in [0, 0.05) is 54.7 Å². The molecule has 13 nitrogen and oxygen atoms in total. The lowest BCUT2D eigenvalue weighted by Crippen LogP contribution is -2.68. The number of hydrogen-bond acceptors (Lipinski definition) is 12. The van der Waals surface area contributed by atoms with Gasteiger partial charge in [0.05, 0.1) is 38.6 Å². The van der Waals surface area contributed by atoms with Gasteiger partial charge >= 0.3 is 29.8 Å². The summed E-state index contributed by atoms with van der Waals surface area (Å²) in [5.41, 5.74) is -4.78. The molecule has 2 saturated carbocycles. The van der Waals surface area contributed by atoms with E-state index in [0.29, 0.717) is 30.9 Å². The van der Waals surface area contributed by atoms with Gasteiger partial charge in [-0.2, -0.15) is 39.5 Å². The molecule has 1 saturated heterocycles. The predicted molar refractivity (Wildman–Crippen MR) is 262 cm³/mol. The average Bonchev–Trinajstić information content (AvgIpc) is 3.85. The number of aromatic nitrogens is 2. The number of nitrogens with one attached hydrogen (secondary N) is 2. The number of carbonyl (C=O) groups excluding carboxylic acids is 1. The number of unbranched alkanes of at least 4 members (excludes halogenated alkanes) is 3. The van der Waals surface area contributed by atoms with E-state index in [-0.39, 0.29) is 66.8 Å². The Kier molecular flexibility index (Phi) is 20.0.